The van der Waals surface area contributed by atoms with Gasteiger partial charge < -0.3 is 19.4 Å². The Morgan fingerprint density at radius 2 is 0.744 bits per heavy atom. The van der Waals surface area contributed by atoms with E-state index in [-0.39, 0.29) is 31.5 Å². The number of likely N-dealkylation sites (N-methyl/N-ethyl adjacent to an activating group) is 1. The maximum Gasteiger partial charge on any atom is 0.472 e. The van der Waals surface area contributed by atoms with E-state index < -0.39 is 20.0 Å². The predicted octanol–water partition coefficient (Wildman–Crippen LogP) is 22.2. The number of ether oxygens (including phenoxy) is 1. The molecule has 0 aliphatic carbocycles. The number of nitrogens with zero attached hydrogens (tertiary/aromatic N) is 1. The number of nitrogens with one attached hydrogen (secondary N) is 1. The average molecular weight is 1210 g/mol. The number of carbonyl (C=O) groups excluding carboxylic acids is 2. The van der Waals surface area contributed by atoms with Crippen molar-refractivity contribution >= 4 is 19.7 Å². The van der Waals surface area contributed by atoms with Gasteiger partial charge in [-0.3, -0.25) is 18.6 Å². The Labute approximate surface area is 529 Å². The minimum Gasteiger partial charge on any atom is -0.456 e. The summed E-state index contributed by atoms with van der Waals surface area (Å²) in [6, 6.07) is -0.873. The van der Waals surface area contributed by atoms with E-state index >= 15 is 0 Å². The van der Waals surface area contributed by atoms with Crippen molar-refractivity contribution in [3.05, 3.63) is 146 Å². The number of phosphoric ester groups is 1. The lowest BCUT2D eigenvalue weighted by Gasteiger charge is -2.27. The third kappa shape index (κ3) is 64.4. The molecule has 0 aromatic carbocycles. The molecule has 3 atom stereocenters. The molecule has 10 heteroatoms. The van der Waals surface area contributed by atoms with Crippen molar-refractivity contribution < 1.29 is 37.3 Å². The van der Waals surface area contributed by atoms with E-state index in [1.807, 2.05) is 33.3 Å². The van der Waals surface area contributed by atoms with Crippen LogP contribution in [0.2, 0.25) is 0 Å². The SMILES string of the molecule is CC/C=C\C/C=C\C/C=C\C/C=C\C/C=C\C/C=C\CCCCCCCCCCC(=O)NC(COP(=O)(O)OCC[N+](C)(C)C)C(/C=C\CCCCCCCCCCCC)OC(=O)CCCCCCC/C=C\C/C=C\C/C=C\C/C=C\C/C=C\CC. The summed E-state index contributed by atoms with van der Waals surface area (Å²) in [6.45, 7) is 6.76. The number of hydrogen-bond donors (Lipinski definition) is 2. The van der Waals surface area contributed by atoms with Crippen LogP contribution in [0.3, 0.4) is 0 Å². The van der Waals surface area contributed by atoms with Gasteiger partial charge in [0, 0.05) is 12.8 Å². The molecular weight excluding hydrogens is 1080 g/mol. The van der Waals surface area contributed by atoms with Gasteiger partial charge in [-0.25, -0.2) is 4.57 Å². The maximum absolute atomic E-state index is 13.6. The van der Waals surface area contributed by atoms with Gasteiger partial charge in [0.1, 0.15) is 19.3 Å². The third-order valence-electron chi connectivity index (χ3n) is 14.5. The van der Waals surface area contributed by atoms with Gasteiger partial charge in [-0.2, -0.15) is 0 Å². The molecule has 0 aromatic rings. The lowest BCUT2D eigenvalue weighted by molar-refractivity contribution is -0.870. The summed E-state index contributed by atoms with van der Waals surface area (Å²) in [4.78, 5) is 37.9. The number of carbonyl (C=O) groups is 2. The fourth-order valence-corrected chi connectivity index (χ4v) is 10.00. The molecule has 0 rings (SSSR count). The number of quaternary nitrogens is 1. The Balaban J connectivity index is 5.17. The lowest BCUT2D eigenvalue weighted by Crippen LogP contribution is -2.47. The van der Waals surface area contributed by atoms with Crippen LogP contribution < -0.4 is 5.32 Å². The molecule has 0 aromatic heterocycles. The standard InChI is InChI=1S/C76H129N2O7P/c1-7-10-13-16-19-22-25-28-30-32-34-36-37-38-39-40-41-43-44-46-48-50-53-56-59-62-65-68-75(79)77-73(72-84-86(81,82)83-71-70-78(4,5)6)74(67-64-61-58-55-52-27-24-21-18-15-12-9-3)85-76(80)69-66-63-60-57-54-51-49-47-45-42-35-33-31-29-26-23-20-17-14-11-8-2/h10-11,13-14,19-20,22-23,28-31,34-36,38-39,41-43,47,49,64,67,73-74H,7-9,12,15-18,21,24-27,32-33,37,40,44-46,48,50-63,65-66,68-72H2,1-6H3,(H-,77,79,81,82)/p+1/b13-10-,14-11-,22-19-,23-20-,30-28-,31-29-,36-34-,39-38-,42-35-,43-41-,49-47-,67-64-. The number of amides is 1. The van der Waals surface area contributed by atoms with Crippen LogP contribution in [0.25, 0.3) is 0 Å². The molecule has 9 nitrogen and oxygen atoms in total. The number of hydrogen-bond acceptors (Lipinski definition) is 6. The Morgan fingerprint density at radius 1 is 0.419 bits per heavy atom. The van der Waals surface area contributed by atoms with Gasteiger partial charge in [0.2, 0.25) is 5.91 Å². The Hall–Kier alpha value is -4.11. The molecule has 490 valence electrons. The van der Waals surface area contributed by atoms with Crippen LogP contribution in [0.5, 0.6) is 0 Å². The van der Waals surface area contributed by atoms with Crippen LogP contribution >= 0.6 is 7.82 Å². The summed E-state index contributed by atoms with van der Waals surface area (Å²) in [5.41, 5.74) is 0. The van der Waals surface area contributed by atoms with Gasteiger partial charge in [-0.1, -0.05) is 276 Å². The summed E-state index contributed by atoms with van der Waals surface area (Å²) < 4.78 is 30.8. The number of phosphoric acid groups is 1. The fourth-order valence-electron chi connectivity index (χ4n) is 9.26. The van der Waals surface area contributed by atoms with E-state index in [9.17, 15) is 19.0 Å². The quantitative estimate of drug-likeness (QED) is 0.0205. The first-order chi connectivity index (χ1) is 41.9. The van der Waals surface area contributed by atoms with Crippen molar-refractivity contribution in [1.82, 2.24) is 5.32 Å². The van der Waals surface area contributed by atoms with Crippen molar-refractivity contribution in [2.24, 2.45) is 0 Å². The van der Waals surface area contributed by atoms with Crippen LogP contribution in [0, 0.1) is 0 Å². The molecule has 0 fully saturated rings. The third-order valence-corrected chi connectivity index (χ3v) is 15.5. The van der Waals surface area contributed by atoms with Crippen LogP contribution in [0.1, 0.15) is 271 Å². The van der Waals surface area contributed by atoms with Crippen LogP contribution in [-0.2, 0) is 27.9 Å². The van der Waals surface area contributed by atoms with Crippen molar-refractivity contribution in [2.75, 3.05) is 40.9 Å². The molecule has 3 unspecified atom stereocenters. The highest BCUT2D eigenvalue weighted by atomic mass is 31.2. The van der Waals surface area contributed by atoms with E-state index in [1.165, 1.54) is 77.0 Å². The van der Waals surface area contributed by atoms with Crippen molar-refractivity contribution in [1.29, 1.82) is 0 Å². The molecule has 0 aliphatic heterocycles. The van der Waals surface area contributed by atoms with Crippen molar-refractivity contribution in [2.45, 2.75) is 283 Å². The zero-order valence-electron chi connectivity index (χ0n) is 56.0. The fraction of sp³-hybridized carbons (Fsp3) is 0.658. The van der Waals surface area contributed by atoms with Crippen LogP contribution in [0.15, 0.2) is 146 Å². The monoisotopic (exact) mass is 1210 g/mol. The van der Waals surface area contributed by atoms with E-state index in [0.717, 1.165) is 154 Å². The highest BCUT2D eigenvalue weighted by Gasteiger charge is 2.30. The maximum atomic E-state index is 13.6. The van der Waals surface area contributed by atoms with Gasteiger partial charge >= 0.3 is 13.8 Å². The number of allylic oxidation sites excluding steroid dienone is 23. The summed E-state index contributed by atoms with van der Waals surface area (Å²) in [5, 5.41) is 3.06. The topological polar surface area (TPSA) is 111 Å². The minimum absolute atomic E-state index is 0.0270. The molecular formula is C76H130N2O7P+. The molecule has 1 amide bonds. The van der Waals surface area contributed by atoms with E-state index in [4.69, 9.17) is 13.8 Å². The van der Waals surface area contributed by atoms with Gasteiger partial charge in [-0.05, 0) is 128 Å². The van der Waals surface area contributed by atoms with Gasteiger partial charge in [0.15, 0.2) is 0 Å². The highest BCUT2D eigenvalue weighted by molar-refractivity contribution is 7.47. The van der Waals surface area contributed by atoms with Gasteiger partial charge in [0.25, 0.3) is 0 Å². The summed E-state index contributed by atoms with van der Waals surface area (Å²) >= 11 is 0. The first-order valence-corrected chi connectivity index (χ1v) is 36.2. The smallest absolute Gasteiger partial charge is 0.456 e. The Bertz CT molecular complexity index is 1980. The van der Waals surface area contributed by atoms with E-state index in [1.54, 1.807) is 0 Å². The zero-order valence-corrected chi connectivity index (χ0v) is 56.9. The average Bonchev–Trinajstić information content (AvgIpc) is 3.67. The first kappa shape index (κ1) is 81.9. The molecule has 0 aliphatic rings. The van der Waals surface area contributed by atoms with Crippen molar-refractivity contribution in [3.8, 4) is 0 Å². The Morgan fingerprint density at radius 3 is 1.12 bits per heavy atom. The summed E-state index contributed by atoms with van der Waals surface area (Å²) in [5.74, 6) is -0.544. The first-order valence-electron chi connectivity index (χ1n) is 34.7. The second-order valence-corrected chi connectivity index (χ2v) is 25.4. The summed E-state index contributed by atoms with van der Waals surface area (Å²) in [6.07, 6.45) is 92.8. The number of rotatable bonds is 61. The van der Waals surface area contributed by atoms with E-state index in [0.29, 0.717) is 23.9 Å². The molecule has 0 saturated heterocycles. The lowest BCUT2D eigenvalue weighted by atomic mass is 10.0. The molecule has 0 bridgehead atoms. The Kier molecular flexibility index (Phi) is 60.8. The second-order valence-electron chi connectivity index (χ2n) is 23.9. The van der Waals surface area contributed by atoms with Gasteiger partial charge in [0.05, 0.1) is 33.8 Å². The molecule has 0 heterocycles. The second kappa shape index (κ2) is 63.9. The van der Waals surface area contributed by atoms with E-state index in [2.05, 4.69) is 160 Å². The number of esters is 1. The van der Waals surface area contributed by atoms with Crippen LogP contribution in [-0.4, -0.2) is 74.3 Å². The minimum atomic E-state index is -4.47. The zero-order chi connectivity index (χ0) is 62.8. The number of unbranched alkanes of at least 4 members (excludes halogenated alkanes) is 23. The van der Waals surface area contributed by atoms with Gasteiger partial charge in [-0.15, -0.1) is 0 Å². The highest BCUT2D eigenvalue weighted by Crippen LogP contribution is 2.43. The molecule has 0 saturated carbocycles. The van der Waals surface area contributed by atoms with Crippen molar-refractivity contribution in [3.63, 3.8) is 0 Å². The molecule has 0 radical (unpaired) electrons. The largest absolute Gasteiger partial charge is 0.472 e. The van der Waals surface area contributed by atoms with Crippen LogP contribution in [0.4, 0.5) is 0 Å². The molecule has 86 heavy (non-hydrogen) atoms. The normalized spacial score (nSPS) is 14.5. The molecule has 2 N–H and O–H groups in total. The molecule has 0 spiro atoms. The summed E-state index contributed by atoms with van der Waals surface area (Å²) in [7, 11) is 1.46. The predicted molar refractivity (Wildman–Crippen MR) is 373 cm³/mol.